The third-order valence-corrected chi connectivity index (χ3v) is 6.38. The van der Waals surface area contributed by atoms with E-state index < -0.39 is 0 Å². The predicted molar refractivity (Wildman–Crippen MR) is 118 cm³/mol. The highest BCUT2D eigenvalue weighted by Crippen LogP contribution is 2.39. The van der Waals surface area contributed by atoms with Gasteiger partial charge in [-0.1, -0.05) is 30.0 Å². The Kier molecular flexibility index (Phi) is 5.28. The molecule has 6 heteroatoms. The van der Waals surface area contributed by atoms with Gasteiger partial charge in [0.1, 0.15) is 11.0 Å². The molecule has 0 fully saturated rings. The lowest BCUT2D eigenvalue weighted by Crippen LogP contribution is -2.41. The minimum atomic E-state index is -0.314. The van der Waals surface area contributed by atoms with Gasteiger partial charge in [0.25, 0.3) is 0 Å². The molecule has 2 heterocycles. The third kappa shape index (κ3) is 3.98. The van der Waals surface area contributed by atoms with Crippen molar-refractivity contribution in [3.63, 3.8) is 0 Å². The highest BCUT2D eigenvalue weighted by molar-refractivity contribution is 8.00. The van der Waals surface area contributed by atoms with Crippen molar-refractivity contribution in [1.29, 1.82) is 0 Å². The lowest BCUT2D eigenvalue weighted by atomic mass is 10.0. The van der Waals surface area contributed by atoms with E-state index in [0.717, 1.165) is 38.8 Å². The molecule has 0 unspecified atom stereocenters. The molecular weight excluding hydrogens is 382 g/mol. The zero-order valence-electron chi connectivity index (χ0n) is 17.0. The summed E-state index contributed by atoms with van der Waals surface area (Å²) in [5, 5.41) is 3.84. The van der Waals surface area contributed by atoms with Gasteiger partial charge in [0, 0.05) is 11.4 Å². The largest absolute Gasteiger partial charge is 0.497 e. The lowest BCUT2D eigenvalue weighted by molar-refractivity contribution is -0.116. The first-order chi connectivity index (χ1) is 13.9. The highest BCUT2D eigenvalue weighted by Gasteiger charge is 2.36. The number of nitrogens with zero attached hydrogens (tertiary/aromatic N) is 1. The number of aryl methyl sites for hydroxylation is 3. The maximum Gasteiger partial charge on any atom is 0.240 e. The van der Waals surface area contributed by atoms with Crippen LogP contribution in [0.15, 0.2) is 59.6 Å². The van der Waals surface area contributed by atoms with Gasteiger partial charge >= 0.3 is 0 Å². The van der Waals surface area contributed by atoms with Crippen molar-refractivity contribution < 1.29 is 9.53 Å². The van der Waals surface area contributed by atoms with E-state index in [1.807, 2.05) is 56.3 Å². The SMILES string of the molecule is COc1ccc([C@@H]2Nn3c(C)ccc3S[C@@H]2C(=O)Nc2cc(C)cc(C)c2)cc1. The second-order valence-corrected chi connectivity index (χ2v) is 8.59. The number of methoxy groups -OCH3 is 1. The molecule has 29 heavy (non-hydrogen) atoms. The van der Waals surface area contributed by atoms with E-state index in [9.17, 15) is 4.79 Å². The first-order valence-corrected chi connectivity index (χ1v) is 10.5. The molecule has 2 N–H and O–H groups in total. The summed E-state index contributed by atoms with van der Waals surface area (Å²) in [6, 6.07) is 17.9. The Morgan fingerprint density at radius 3 is 2.38 bits per heavy atom. The summed E-state index contributed by atoms with van der Waals surface area (Å²) in [4.78, 5) is 13.3. The van der Waals surface area contributed by atoms with Crippen LogP contribution in [0.3, 0.4) is 0 Å². The first-order valence-electron chi connectivity index (χ1n) is 9.59. The number of thioether (sulfide) groups is 1. The van der Waals surface area contributed by atoms with Crippen molar-refractivity contribution in [2.75, 3.05) is 17.9 Å². The van der Waals surface area contributed by atoms with Crippen LogP contribution >= 0.6 is 11.8 Å². The molecule has 150 valence electrons. The summed E-state index contributed by atoms with van der Waals surface area (Å²) in [6.07, 6.45) is 0. The van der Waals surface area contributed by atoms with Gasteiger partial charge in [0.2, 0.25) is 5.91 Å². The molecule has 1 amide bonds. The van der Waals surface area contributed by atoms with Gasteiger partial charge in [-0.3, -0.25) is 9.47 Å². The fourth-order valence-electron chi connectivity index (χ4n) is 3.70. The van der Waals surface area contributed by atoms with E-state index in [-0.39, 0.29) is 17.2 Å². The molecule has 2 atom stereocenters. The Labute approximate surface area is 175 Å². The van der Waals surface area contributed by atoms with Gasteiger partial charge in [0.05, 0.1) is 18.2 Å². The normalized spacial score (nSPS) is 17.9. The summed E-state index contributed by atoms with van der Waals surface area (Å²) in [5.74, 6) is 0.782. The Morgan fingerprint density at radius 2 is 1.72 bits per heavy atom. The summed E-state index contributed by atoms with van der Waals surface area (Å²) >= 11 is 1.58. The fourth-order valence-corrected chi connectivity index (χ4v) is 4.93. The van der Waals surface area contributed by atoms with Gasteiger partial charge < -0.3 is 15.5 Å². The molecule has 0 radical (unpaired) electrons. The van der Waals surface area contributed by atoms with Crippen LogP contribution in [-0.4, -0.2) is 22.9 Å². The van der Waals surface area contributed by atoms with Gasteiger partial charge in [-0.05, 0) is 73.9 Å². The van der Waals surface area contributed by atoms with E-state index >= 15 is 0 Å². The maximum absolute atomic E-state index is 13.3. The number of hydrogen-bond donors (Lipinski definition) is 2. The molecule has 0 saturated heterocycles. The molecule has 3 aromatic rings. The number of anilines is 1. The molecule has 0 aliphatic carbocycles. The smallest absolute Gasteiger partial charge is 0.240 e. The van der Waals surface area contributed by atoms with Crippen molar-refractivity contribution in [1.82, 2.24) is 4.68 Å². The number of amides is 1. The Bertz CT molecular complexity index is 1020. The summed E-state index contributed by atoms with van der Waals surface area (Å²) in [6.45, 7) is 6.13. The van der Waals surface area contributed by atoms with Crippen LogP contribution in [0.4, 0.5) is 5.69 Å². The average molecular weight is 408 g/mol. The molecule has 5 nitrogen and oxygen atoms in total. The minimum absolute atomic E-state index is 0.0154. The number of aromatic nitrogens is 1. The van der Waals surface area contributed by atoms with Crippen LogP contribution < -0.4 is 15.5 Å². The number of fused-ring (bicyclic) bond motifs is 1. The predicted octanol–water partition coefficient (Wildman–Crippen LogP) is 4.82. The van der Waals surface area contributed by atoms with Crippen molar-refractivity contribution in [2.45, 2.75) is 37.1 Å². The molecule has 0 bridgehead atoms. The van der Waals surface area contributed by atoms with Crippen molar-refractivity contribution >= 4 is 23.4 Å². The number of carbonyl (C=O) groups is 1. The zero-order valence-corrected chi connectivity index (χ0v) is 17.8. The molecule has 1 aliphatic heterocycles. The monoisotopic (exact) mass is 407 g/mol. The van der Waals surface area contributed by atoms with Crippen LogP contribution in [-0.2, 0) is 4.79 Å². The number of ether oxygens (including phenoxy) is 1. The van der Waals surface area contributed by atoms with Crippen molar-refractivity contribution in [3.05, 3.63) is 77.0 Å². The van der Waals surface area contributed by atoms with Crippen LogP contribution in [0.2, 0.25) is 0 Å². The average Bonchev–Trinajstić information content (AvgIpc) is 3.06. The Hall–Kier alpha value is -2.86. The second-order valence-electron chi connectivity index (χ2n) is 7.43. The lowest BCUT2D eigenvalue weighted by Gasteiger charge is -2.34. The summed E-state index contributed by atoms with van der Waals surface area (Å²) < 4.78 is 7.34. The molecule has 4 rings (SSSR count). The summed E-state index contributed by atoms with van der Waals surface area (Å²) in [7, 11) is 1.65. The van der Waals surface area contributed by atoms with Gasteiger partial charge in [0.15, 0.2) is 0 Å². The minimum Gasteiger partial charge on any atom is -0.497 e. The highest BCUT2D eigenvalue weighted by atomic mass is 32.2. The first kappa shape index (κ1) is 19.5. The van der Waals surface area contributed by atoms with Crippen LogP contribution in [0.5, 0.6) is 5.75 Å². The van der Waals surface area contributed by atoms with Crippen molar-refractivity contribution in [2.24, 2.45) is 0 Å². The number of benzene rings is 2. The van der Waals surface area contributed by atoms with Gasteiger partial charge in [-0.25, -0.2) is 0 Å². The molecule has 1 aliphatic rings. The Balaban J connectivity index is 1.66. The Morgan fingerprint density at radius 1 is 1.03 bits per heavy atom. The van der Waals surface area contributed by atoms with Gasteiger partial charge in [-0.2, -0.15) is 0 Å². The van der Waals surface area contributed by atoms with Crippen LogP contribution in [0, 0.1) is 20.8 Å². The number of nitrogens with one attached hydrogen (secondary N) is 2. The van der Waals surface area contributed by atoms with Crippen LogP contribution in [0.1, 0.15) is 28.4 Å². The van der Waals surface area contributed by atoms with E-state index in [0.29, 0.717) is 0 Å². The standard InChI is InChI=1S/C23H25N3O2S/c1-14-11-15(2)13-18(12-14)24-23(27)22-21(17-6-8-19(28-4)9-7-17)25-26-16(3)5-10-20(26)29-22/h5-13,21-22,25H,1-4H3,(H,24,27)/t21-,22-/m0/s1. The molecule has 0 saturated carbocycles. The maximum atomic E-state index is 13.3. The number of rotatable bonds is 4. The van der Waals surface area contributed by atoms with Crippen molar-refractivity contribution in [3.8, 4) is 5.75 Å². The zero-order chi connectivity index (χ0) is 20.5. The fraction of sp³-hybridized carbons (Fsp3) is 0.261. The summed E-state index contributed by atoms with van der Waals surface area (Å²) in [5.41, 5.74) is 8.78. The quantitative estimate of drug-likeness (QED) is 0.651. The second kappa shape index (κ2) is 7.87. The number of carbonyl (C=O) groups excluding carboxylic acids is 1. The molecule has 1 aromatic heterocycles. The number of hydrogen-bond acceptors (Lipinski definition) is 4. The van der Waals surface area contributed by atoms with E-state index in [1.54, 1.807) is 18.9 Å². The van der Waals surface area contributed by atoms with Crippen LogP contribution in [0.25, 0.3) is 0 Å². The van der Waals surface area contributed by atoms with Gasteiger partial charge in [-0.15, -0.1) is 0 Å². The van der Waals surface area contributed by atoms with E-state index in [2.05, 4.69) is 34.5 Å². The topological polar surface area (TPSA) is 55.3 Å². The van der Waals surface area contributed by atoms with E-state index in [4.69, 9.17) is 4.74 Å². The van der Waals surface area contributed by atoms with E-state index in [1.165, 1.54) is 0 Å². The molecular formula is C23H25N3O2S. The third-order valence-electron chi connectivity index (χ3n) is 5.08. The molecule has 2 aromatic carbocycles. The molecule has 0 spiro atoms.